The molecule has 1 aromatic rings. The highest BCUT2D eigenvalue weighted by Gasteiger charge is 2.46. The number of ether oxygens (including phenoxy) is 1. The van der Waals surface area contributed by atoms with E-state index < -0.39 is 22.7 Å². The second-order valence-corrected chi connectivity index (χ2v) is 7.57. The van der Waals surface area contributed by atoms with Gasteiger partial charge >= 0.3 is 0 Å². The van der Waals surface area contributed by atoms with Crippen LogP contribution in [0.4, 0.5) is 0 Å². The van der Waals surface area contributed by atoms with Gasteiger partial charge in [-0.05, 0) is 40.2 Å². The number of carbonyl (C=O) groups is 1. The van der Waals surface area contributed by atoms with Gasteiger partial charge in [0.25, 0.3) is 0 Å². The van der Waals surface area contributed by atoms with Gasteiger partial charge < -0.3 is 9.84 Å². The number of Topliss-reactive ketones (excluding diaryl/α,β-unsaturated/α-hetero) is 1. The highest BCUT2D eigenvalue weighted by molar-refractivity contribution is 5.90. The maximum Gasteiger partial charge on any atom is 0.174 e. The first-order valence-electron chi connectivity index (χ1n) is 7.36. The maximum absolute atomic E-state index is 13.0. The quantitative estimate of drug-likeness (QED) is 0.895. The molecule has 0 aliphatic carbocycles. The standard InChI is InChI=1S/C18H28O3/c1-16(2,3)21-14(13-11-9-8-10-12-13)15(19)17(4,5)18(6,7)20/h8-12,14,20H,1-7H3. The van der Waals surface area contributed by atoms with Crippen LogP contribution >= 0.6 is 0 Å². The topological polar surface area (TPSA) is 46.5 Å². The van der Waals surface area contributed by atoms with E-state index >= 15 is 0 Å². The van der Waals surface area contributed by atoms with Crippen LogP contribution < -0.4 is 0 Å². The summed E-state index contributed by atoms with van der Waals surface area (Å²) in [6.45, 7) is 12.6. The van der Waals surface area contributed by atoms with Crippen LogP contribution in [0.25, 0.3) is 0 Å². The van der Waals surface area contributed by atoms with E-state index in [4.69, 9.17) is 4.74 Å². The average molecular weight is 292 g/mol. The minimum absolute atomic E-state index is 0.115. The van der Waals surface area contributed by atoms with E-state index in [1.165, 1.54) is 0 Å². The highest BCUT2D eigenvalue weighted by atomic mass is 16.5. The molecule has 3 nitrogen and oxygen atoms in total. The van der Waals surface area contributed by atoms with E-state index in [0.717, 1.165) is 5.56 Å². The zero-order valence-corrected chi connectivity index (χ0v) is 14.2. The third-order valence-corrected chi connectivity index (χ3v) is 3.96. The number of carbonyl (C=O) groups excluding carboxylic acids is 1. The normalized spacial score (nSPS) is 14.9. The van der Waals surface area contributed by atoms with Gasteiger partial charge in [0, 0.05) is 0 Å². The molecule has 0 saturated heterocycles. The molecule has 1 N–H and O–H groups in total. The van der Waals surface area contributed by atoms with Crippen molar-refractivity contribution in [2.45, 2.75) is 65.8 Å². The van der Waals surface area contributed by atoms with Crippen LogP contribution in [0.2, 0.25) is 0 Å². The van der Waals surface area contributed by atoms with Crippen molar-refractivity contribution in [2.24, 2.45) is 5.41 Å². The van der Waals surface area contributed by atoms with Crippen LogP contribution in [0, 0.1) is 5.41 Å². The first-order chi connectivity index (χ1) is 9.36. The zero-order chi connectivity index (χ0) is 16.5. The second kappa shape index (κ2) is 5.90. The van der Waals surface area contributed by atoms with Gasteiger partial charge in [0.1, 0.15) is 6.10 Å². The van der Waals surface area contributed by atoms with Gasteiger partial charge in [0.15, 0.2) is 5.78 Å². The van der Waals surface area contributed by atoms with Crippen LogP contribution in [0.15, 0.2) is 30.3 Å². The molecule has 0 saturated carbocycles. The highest BCUT2D eigenvalue weighted by Crippen LogP contribution is 2.38. The van der Waals surface area contributed by atoms with Crippen molar-refractivity contribution in [1.29, 1.82) is 0 Å². The van der Waals surface area contributed by atoms with Crippen molar-refractivity contribution in [3.8, 4) is 0 Å². The van der Waals surface area contributed by atoms with E-state index in [9.17, 15) is 9.90 Å². The molecule has 21 heavy (non-hydrogen) atoms. The minimum atomic E-state index is -1.13. The fraction of sp³-hybridized carbons (Fsp3) is 0.611. The Labute approximate surface area is 128 Å². The molecule has 0 amide bonds. The Morgan fingerprint density at radius 3 is 1.86 bits per heavy atom. The number of hydrogen-bond acceptors (Lipinski definition) is 3. The molecule has 0 aromatic heterocycles. The van der Waals surface area contributed by atoms with Gasteiger partial charge in [0.05, 0.1) is 16.6 Å². The van der Waals surface area contributed by atoms with Crippen LogP contribution in [0.5, 0.6) is 0 Å². The van der Waals surface area contributed by atoms with Crippen molar-refractivity contribution in [3.63, 3.8) is 0 Å². The summed E-state index contributed by atoms with van der Waals surface area (Å²) in [6.07, 6.45) is -0.687. The van der Waals surface area contributed by atoms with E-state index in [2.05, 4.69) is 0 Å². The third kappa shape index (κ3) is 4.39. The van der Waals surface area contributed by atoms with Crippen LogP contribution in [-0.2, 0) is 9.53 Å². The summed E-state index contributed by atoms with van der Waals surface area (Å²) >= 11 is 0. The molecule has 0 bridgehead atoms. The van der Waals surface area contributed by atoms with Crippen molar-refractivity contribution in [3.05, 3.63) is 35.9 Å². The summed E-state index contributed by atoms with van der Waals surface area (Å²) in [6, 6.07) is 9.45. The summed E-state index contributed by atoms with van der Waals surface area (Å²) < 4.78 is 6.01. The molecule has 1 aromatic carbocycles. The van der Waals surface area contributed by atoms with Crippen molar-refractivity contribution < 1.29 is 14.6 Å². The van der Waals surface area contributed by atoms with Gasteiger partial charge in [-0.2, -0.15) is 0 Å². The number of aliphatic hydroxyl groups is 1. The molecule has 1 rings (SSSR count). The molecule has 0 heterocycles. The lowest BCUT2D eigenvalue weighted by Crippen LogP contribution is -2.48. The van der Waals surface area contributed by atoms with E-state index in [1.54, 1.807) is 27.7 Å². The Morgan fingerprint density at radius 1 is 1.00 bits per heavy atom. The average Bonchev–Trinajstić information content (AvgIpc) is 2.33. The lowest BCUT2D eigenvalue weighted by Gasteiger charge is -2.39. The summed E-state index contributed by atoms with van der Waals surface area (Å²) in [4.78, 5) is 13.0. The summed E-state index contributed by atoms with van der Waals surface area (Å²) in [7, 11) is 0. The molecule has 3 heteroatoms. The van der Waals surface area contributed by atoms with Gasteiger partial charge in [0.2, 0.25) is 0 Å². The van der Waals surface area contributed by atoms with Crippen LogP contribution in [-0.4, -0.2) is 22.1 Å². The Morgan fingerprint density at radius 2 is 1.48 bits per heavy atom. The van der Waals surface area contributed by atoms with Gasteiger partial charge in [-0.25, -0.2) is 0 Å². The lowest BCUT2D eigenvalue weighted by atomic mass is 9.71. The minimum Gasteiger partial charge on any atom is -0.389 e. The molecule has 0 aliphatic heterocycles. The fourth-order valence-electron chi connectivity index (χ4n) is 1.88. The molecular formula is C18H28O3. The number of benzene rings is 1. The Bertz CT molecular complexity index is 475. The second-order valence-electron chi connectivity index (χ2n) is 7.57. The summed E-state index contributed by atoms with van der Waals surface area (Å²) in [5, 5.41) is 10.3. The molecule has 1 atom stereocenters. The smallest absolute Gasteiger partial charge is 0.174 e. The first-order valence-corrected chi connectivity index (χ1v) is 7.36. The SMILES string of the molecule is CC(C)(C)OC(C(=O)C(C)(C)C(C)(C)O)c1ccccc1. The predicted octanol–water partition coefficient (Wildman–Crippen LogP) is 3.91. The molecule has 0 radical (unpaired) electrons. The van der Waals surface area contributed by atoms with Gasteiger partial charge in [-0.15, -0.1) is 0 Å². The van der Waals surface area contributed by atoms with E-state index in [1.807, 2.05) is 51.1 Å². The fourth-order valence-corrected chi connectivity index (χ4v) is 1.88. The zero-order valence-electron chi connectivity index (χ0n) is 14.2. The lowest BCUT2D eigenvalue weighted by molar-refractivity contribution is -0.161. The predicted molar refractivity (Wildman–Crippen MR) is 85.1 cm³/mol. The summed E-state index contributed by atoms with van der Waals surface area (Å²) in [5.74, 6) is -0.115. The monoisotopic (exact) mass is 292 g/mol. The van der Waals surface area contributed by atoms with Crippen molar-refractivity contribution in [2.75, 3.05) is 0 Å². The number of ketones is 1. The van der Waals surface area contributed by atoms with Gasteiger partial charge in [-0.1, -0.05) is 44.2 Å². The first kappa shape index (κ1) is 17.9. The Hall–Kier alpha value is -1.19. The van der Waals surface area contributed by atoms with Crippen molar-refractivity contribution >= 4 is 5.78 Å². The van der Waals surface area contributed by atoms with Crippen molar-refractivity contribution in [1.82, 2.24) is 0 Å². The molecule has 0 fully saturated rings. The molecule has 0 aliphatic rings. The third-order valence-electron chi connectivity index (χ3n) is 3.96. The Balaban J connectivity index is 3.23. The van der Waals surface area contributed by atoms with Crippen LogP contribution in [0.3, 0.4) is 0 Å². The Kier molecular flexibility index (Phi) is 5.01. The van der Waals surface area contributed by atoms with Crippen LogP contribution in [0.1, 0.15) is 60.1 Å². The number of hydrogen-bond donors (Lipinski definition) is 1. The molecule has 1 unspecified atom stereocenters. The molecule has 0 spiro atoms. The molecule has 118 valence electrons. The van der Waals surface area contributed by atoms with Gasteiger partial charge in [-0.3, -0.25) is 4.79 Å². The summed E-state index contributed by atoms with van der Waals surface area (Å²) in [5.41, 5.74) is -1.68. The maximum atomic E-state index is 13.0. The molecular weight excluding hydrogens is 264 g/mol. The number of rotatable bonds is 5. The van der Waals surface area contributed by atoms with E-state index in [-0.39, 0.29) is 5.78 Å². The largest absolute Gasteiger partial charge is 0.389 e. The van der Waals surface area contributed by atoms with E-state index in [0.29, 0.717) is 0 Å².